The molecule has 31 heavy (non-hydrogen) atoms. The minimum Gasteiger partial charge on any atom is -0.394 e. The van der Waals surface area contributed by atoms with Crippen molar-refractivity contribution in [3.63, 3.8) is 0 Å². The van der Waals surface area contributed by atoms with Crippen molar-refractivity contribution in [2.45, 2.75) is 12.2 Å². The van der Waals surface area contributed by atoms with Crippen LogP contribution in [0.3, 0.4) is 0 Å². The minimum atomic E-state index is -4.82. The molecular formula is C23H19F3N2O3. The van der Waals surface area contributed by atoms with Crippen LogP contribution in [0.2, 0.25) is 0 Å². The fourth-order valence-electron chi connectivity index (χ4n) is 2.97. The number of aliphatic hydroxyl groups is 1. The zero-order chi connectivity index (χ0) is 22.6. The predicted molar refractivity (Wildman–Crippen MR) is 110 cm³/mol. The number of alkyl halides is 3. The van der Waals surface area contributed by atoms with Crippen molar-refractivity contribution in [2.75, 3.05) is 11.9 Å². The van der Waals surface area contributed by atoms with E-state index in [9.17, 15) is 22.8 Å². The molecule has 1 atom stereocenters. The normalized spacial score (nSPS) is 12.3. The molecule has 0 aromatic heterocycles. The second kappa shape index (κ2) is 9.11. The standard InChI is InChI=1S/C23H19F3N2O3/c24-23(25,26)19-12-17(28-22(31)20(27)13-29)10-11-18(19)21(30)16-8-6-15(7-9-16)14-4-2-1-3-5-14/h1-12,20,29H,13,27H2,(H,28,31)/t20-/m0/s1. The number of amides is 1. The summed E-state index contributed by atoms with van der Waals surface area (Å²) in [5.41, 5.74) is 5.30. The van der Waals surface area contributed by atoms with Crippen LogP contribution in [0.5, 0.6) is 0 Å². The lowest BCUT2D eigenvalue weighted by molar-refractivity contribution is -0.137. The number of nitrogens with two attached hydrogens (primary N) is 1. The molecule has 0 aliphatic heterocycles. The van der Waals surface area contributed by atoms with Crippen LogP contribution in [0.15, 0.2) is 72.8 Å². The molecule has 3 rings (SSSR count). The maximum atomic E-state index is 13.6. The number of nitrogens with one attached hydrogen (secondary N) is 1. The van der Waals surface area contributed by atoms with Gasteiger partial charge in [-0.25, -0.2) is 0 Å². The summed E-state index contributed by atoms with van der Waals surface area (Å²) in [4.78, 5) is 24.6. The van der Waals surface area contributed by atoms with E-state index >= 15 is 0 Å². The van der Waals surface area contributed by atoms with Gasteiger partial charge in [0.2, 0.25) is 5.91 Å². The molecule has 0 unspecified atom stereocenters. The summed E-state index contributed by atoms with van der Waals surface area (Å²) in [5, 5.41) is 11.1. The van der Waals surface area contributed by atoms with E-state index in [0.29, 0.717) is 6.07 Å². The number of hydrogen-bond acceptors (Lipinski definition) is 4. The molecule has 0 heterocycles. The summed E-state index contributed by atoms with van der Waals surface area (Å²) < 4.78 is 40.9. The second-order valence-electron chi connectivity index (χ2n) is 6.81. The first-order chi connectivity index (χ1) is 14.7. The van der Waals surface area contributed by atoms with Crippen LogP contribution in [-0.4, -0.2) is 29.4 Å². The van der Waals surface area contributed by atoms with Gasteiger partial charge in [-0.1, -0.05) is 54.6 Å². The molecule has 4 N–H and O–H groups in total. The number of ketones is 1. The van der Waals surface area contributed by atoms with Gasteiger partial charge in [0.1, 0.15) is 6.04 Å². The Kier molecular flexibility index (Phi) is 6.53. The highest BCUT2D eigenvalue weighted by Gasteiger charge is 2.36. The Bertz CT molecular complexity index is 1080. The molecule has 8 heteroatoms. The van der Waals surface area contributed by atoms with Crippen LogP contribution in [0.1, 0.15) is 21.5 Å². The fraction of sp³-hybridized carbons (Fsp3) is 0.130. The highest BCUT2D eigenvalue weighted by molar-refractivity contribution is 6.10. The SMILES string of the molecule is N[C@@H](CO)C(=O)Nc1ccc(C(=O)c2ccc(-c3ccccc3)cc2)c(C(F)(F)F)c1. The molecule has 0 radical (unpaired) electrons. The molecule has 3 aromatic rings. The second-order valence-corrected chi connectivity index (χ2v) is 6.81. The van der Waals surface area contributed by atoms with E-state index in [2.05, 4.69) is 5.32 Å². The first-order valence-electron chi connectivity index (χ1n) is 9.29. The van der Waals surface area contributed by atoms with E-state index in [0.717, 1.165) is 17.2 Å². The Labute approximate surface area is 176 Å². The number of aliphatic hydroxyl groups excluding tert-OH is 1. The van der Waals surface area contributed by atoms with Crippen LogP contribution in [-0.2, 0) is 11.0 Å². The molecule has 0 aliphatic rings. The average molecular weight is 428 g/mol. The molecule has 5 nitrogen and oxygen atoms in total. The van der Waals surface area contributed by atoms with Crippen molar-refractivity contribution in [3.8, 4) is 11.1 Å². The number of benzene rings is 3. The Morgan fingerprint density at radius 1 is 0.935 bits per heavy atom. The molecule has 0 bridgehead atoms. The van der Waals surface area contributed by atoms with Crippen LogP contribution < -0.4 is 11.1 Å². The van der Waals surface area contributed by atoms with Crippen molar-refractivity contribution in [3.05, 3.63) is 89.5 Å². The zero-order valence-electron chi connectivity index (χ0n) is 16.2. The number of carbonyl (C=O) groups is 2. The number of hydrogen-bond donors (Lipinski definition) is 3. The predicted octanol–water partition coefficient (Wildman–Crippen LogP) is 3.86. The lowest BCUT2D eigenvalue weighted by atomic mass is 9.95. The van der Waals surface area contributed by atoms with Gasteiger partial charge in [0.15, 0.2) is 5.78 Å². The highest BCUT2D eigenvalue weighted by atomic mass is 19.4. The van der Waals surface area contributed by atoms with Gasteiger partial charge in [-0.15, -0.1) is 0 Å². The summed E-state index contributed by atoms with van der Waals surface area (Å²) in [6.07, 6.45) is -4.82. The van der Waals surface area contributed by atoms with Crippen molar-refractivity contribution in [1.82, 2.24) is 0 Å². The number of rotatable bonds is 6. The zero-order valence-corrected chi connectivity index (χ0v) is 16.2. The number of halogens is 3. The van der Waals surface area contributed by atoms with Crippen molar-refractivity contribution < 1.29 is 27.9 Å². The molecule has 0 saturated carbocycles. The average Bonchev–Trinajstić information content (AvgIpc) is 2.78. The van der Waals surface area contributed by atoms with Crippen molar-refractivity contribution >= 4 is 17.4 Å². The van der Waals surface area contributed by atoms with Gasteiger partial charge >= 0.3 is 6.18 Å². The topological polar surface area (TPSA) is 92.4 Å². The molecule has 0 fully saturated rings. The maximum absolute atomic E-state index is 13.6. The van der Waals surface area contributed by atoms with Crippen molar-refractivity contribution in [2.24, 2.45) is 5.73 Å². The van der Waals surface area contributed by atoms with E-state index in [-0.39, 0.29) is 11.3 Å². The van der Waals surface area contributed by atoms with Gasteiger partial charge in [-0.2, -0.15) is 13.2 Å². The number of carbonyl (C=O) groups excluding carboxylic acids is 2. The van der Waals surface area contributed by atoms with Gasteiger partial charge in [-0.3, -0.25) is 9.59 Å². The molecule has 3 aromatic carbocycles. The first-order valence-corrected chi connectivity index (χ1v) is 9.29. The van der Waals surface area contributed by atoms with Gasteiger partial charge < -0.3 is 16.2 Å². The maximum Gasteiger partial charge on any atom is 0.417 e. The van der Waals surface area contributed by atoms with E-state index in [1.54, 1.807) is 12.1 Å². The van der Waals surface area contributed by atoms with E-state index in [4.69, 9.17) is 10.8 Å². The lowest BCUT2D eigenvalue weighted by Crippen LogP contribution is -2.38. The Hall–Kier alpha value is -3.49. The molecule has 160 valence electrons. The van der Waals surface area contributed by atoms with E-state index in [1.807, 2.05) is 30.3 Å². The largest absolute Gasteiger partial charge is 0.417 e. The van der Waals surface area contributed by atoms with Crippen LogP contribution >= 0.6 is 0 Å². The summed E-state index contributed by atoms with van der Waals surface area (Å²) in [7, 11) is 0. The van der Waals surface area contributed by atoms with E-state index < -0.39 is 41.6 Å². The quantitative estimate of drug-likeness (QED) is 0.520. The van der Waals surface area contributed by atoms with Gasteiger partial charge in [0.05, 0.1) is 12.2 Å². The molecule has 0 aliphatic carbocycles. The highest BCUT2D eigenvalue weighted by Crippen LogP contribution is 2.35. The molecular weight excluding hydrogens is 409 g/mol. The minimum absolute atomic E-state index is 0.101. The first kappa shape index (κ1) is 22.2. The van der Waals surface area contributed by atoms with Gasteiger partial charge in [0.25, 0.3) is 0 Å². The summed E-state index contributed by atoms with van der Waals surface area (Å²) in [6.45, 7) is -0.659. The fourth-order valence-corrected chi connectivity index (χ4v) is 2.97. The third-order valence-corrected chi connectivity index (χ3v) is 4.62. The summed E-state index contributed by atoms with van der Waals surface area (Å²) in [6, 6.07) is 17.2. The van der Waals surface area contributed by atoms with E-state index in [1.165, 1.54) is 18.2 Å². The van der Waals surface area contributed by atoms with Crippen LogP contribution in [0.25, 0.3) is 11.1 Å². The van der Waals surface area contributed by atoms with Crippen LogP contribution in [0.4, 0.5) is 18.9 Å². The Morgan fingerprint density at radius 3 is 2.13 bits per heavy atom. The van der Waals surface area contributed by atoms with Crippen molar-refractivity contribution in [1.29, 1.82) is 0 Å². The Balaban J connectivity index is 1.92. The third-order valence-electron chi connectivity index (χ3n) is 4.62. The molecule has 1 amide bonds. The number of anilines is 1. The summed E-state index contributed by atoms with van der Waals surface area (Å²) in [5.74, 6) is -1.64. The molecule has 0 saturated heterocycles. The molecule has 0 spiro atoms. The van der Waals surface area contributed by atoms with Gasteiger partial charge in [0, 0.05) is 16.8 Å². The third kappa shape index (κ3) is 5.17. The lowest BCUT2D eigenvalue weighted by Gasteiger charge is -2.16. The monoisotopic (exact) mass is 428 g/mol. The van der Waals surface area contributed by atoms with Crippen LogP contribution in [0, 0.1) is 0 Å². The van der Waals surface area contributed by atoms with Gasteiger partial charge in [-0.05, 0) is 29.3 Å². The smallest absolute Gasteiger partial charge is 0.394 e. The summed E-state index contributed by atoms with van der Waals surface area (Å²) >= 11 is 0. The Morgan fingerprint density at radius 2 is 1.55 bits per heavy atom.